The Bertz CT molecular complexity index is 335. The normalized spacial score (nSPS) is 9.56. The highest BCUT2D eigenvalue weighted by atomic mass is 35.5. The Morgan fingerprint density at radius 1 is 1.06 bits per heavy atom. The molecule has 18 heavy (non-hydrogen) atoms. The highest BCUT2D eigenvalue weighted by molar-refractivity contribution is 5.85. The summed E-state index contributed by atoms with van der Waals surface area (Å²) in [4.78, 5) is 0. The van der Waals surface area contributed by atoms with Crippen molar-refractivity contribution in [3.63, 3.8) is 0 Å². The molecule has 0 fully saturated rings. The van der Waals surface area contributed by atoms with E-state index >= 15 is 0 Å². The molecule has 0 heterocycles. The van der Waals surface area contributed by atoms with E-state index in [1.807, 2.05) is 12.1 Å². The van der Waals surface area contributed by atoms with Gasteiger partial charge in [-0.2, -0.15) is 0 Å². The van der Waals surface area contributed by atoms with Crippen LogP contribution < -0.4 is 19.5 Å². The van der Waals surface area contributed by atoms with E-state index in [-0.39, 0.29) is 19.0 Å². The zero-order valence-electron chi connectivity index (χ0n) is 10.9. The second kappa shape index (κ2) is 8.85. The van der Waals surface area contributed by atoms with Crippen LogP contribution >= 0.6 is 12.4 Å². The smallest absolute Gasteiger partial charge is 0.203 e. The van der Waals surface area contributed by atoms with Crippen LogP contribution in [0.3, 0.4) is 0 Å². The molecule has 2 N–H and O–H groups in total. The van der Waals surface area contributed by atoms with Crippen LogP contribution in [0.1, 0.15) is 5.56 Å². The van der Waals surface area contributed by atoms with Crippen molar-refractivity contribution in [3.05, 3.63) is 17.7 Å². The molecule has 0 bridgehead atoms. The van der Waals surface area contributed by atoms with Crippen molar-refractivity contribution >= 4 is 12.4 Å². The first-order valence-electron chi connectivity index (χ1n) is 5.37. The van der Waals surface area contributed by atoms with Crippen molar-refractivity contribution < 1.29 is 19.3 Å². The number of aliphatic hydroxyl groups is 1. The topological polar surface area (TPSA) is 60.0 Å². The summed E-state index contributed by atoms with van der Waals surface area (Å²) in [6.45, 7) is 1.30. The summed E-state index contributed by atoms with van der Waals surface area (Å²) < 4.78 is 15.7. The standard InChI is InChI=1S/C12H19NO4.ClH/c1-15-10-6-9(8-13-4-5-14)7-11(16-2)12(10)17-3;/h6-7,13-14H,4-5,8H2,1-3H3;1H. The Kier molecular flexibility index (Phi) is 8.28. The third-order valence-electron chi connectivity index (χ3n) is 2.34. The average molecular weight is 278 g/mol. The molecular weight excluding hydrogens is 258 g/mol. The van der Waals surface area contributed by atoms with Gasteiger partial charge in [-0.05, 0) is 17.7 Å². The molecule has 0 atom stereocenters. The Labute approximate surface area is 113 Å². The van der Waals surface area contributed by atoms with Gasteiger partial charge >= 0.3 is 0 Å². The fraction of sp³-hybridized carbons (Fsp3) is 0.500. The minimum Gasteiger partial charge on any atom is -0.493 e. The van der Waals surface area contributed by atoms with Crippen LogP contribution in [-0.2, 0) is 6.54 Å². The van der Waals surface area contributed by atoms with E-state index in [0.29, 0.717) is 30.3 Å². The van der Waals surface area contributed by atoms with E-state index in [2.05, 4.69) is 5.32 Å². The van der Waals surface area contributed by atoms with Gasteiger partial charge in [-0.3, -0.25) is 0 Å². The lowest BCUT2D eigenvalue weighted by atomic mass is 10.2. The van der Waals surface area contributed by atoms with Crippen LogP contribution in [0.2, 0.25) is 0 Å². The first-order chi connectivity index (χ1) is 8.26. The molecule has 1 rings (SSSR count). The summed E-state index contributed by atoms with van der Waals surface area (Å²) in [7, 11) is 4.74. The molecule has 0 spiro atoms. The van der Waals surface area contributed by atoms with Crippen LogP contribution in [0.4, 0.5) is 0 Å². The monoisotopic (exact) mass is 277 g/mol. The summed E-state index contributed by atoms with van der Waals surface area (Å²) in [5, 5.41) is 11.8. The Morgan fingerprint density at radius 2 is 1.61 bits per heavy atom. The van der Waals surface area contributed by atoms with Crippen LogP contribution in [0.25, 0.3) is 0 Å². The first kappa shape index (κ1) is 16.8. The van der Waals surface area contributed by atoms with Crippen molar-refractivity contribution in [2.45, 2.75) is 6.54 Å². The molecule has 1 aromatic rings. The van der Waals surface area contributed by atoms with Gasteiger partial charge in [0.15, 0.2) is 11.5 Å². The molecule has 0 amide bonds. The maximum Gasteiger partial charge on any atom is 0.203 e. The third-order valence-corrected chi connectivity index (χ3v) is 2.34. The second-order valence-electron chi connectivity index (χ2n) is 3.43. The number of halogens is 1. The molecule has 0 saturated heterocycles. The lowest BCUT2D eigenvalue weighted by Gasteiger charge is -2.14. The Balaban J connectivity index is 0.00000289. The molecule has 0 aliphatic rings. The van der Waals surface area contributed by atoms with Crippen molar-refractivity contribution in [2.75, 3.05) is 34.5 Å². The minimum atomic E-state index is 0. The lowest BCUT2D eigenvalue weighted by molar-refractivity contribution is 0.291. The highest BCUT2D eigenvalue weighted by Gasteiger charge is 2.12. The molecule has 0 unspecified atom stereocenters. The van der Waals surface area contributed by atoms with Gasteiger partial charge < -0.3 is 24.6 Å². The van der Waals surface area contributed by atoms with E-state index in [1.165, 1.54) is 0 Å². The molecule has 1 aromatic carbocycles. The molecule has 0 aliphatic heterocycles. The number of benzene rings is 1. The number of ether oxygens (including phenoxy) is 3. The number of rotatable bonds is 7. The van der Waals surface area contributed by atoms with E-state index in [9.17, 15) is 0 Å². The quantitative estimate of drug-likeness (QED) is 0.734. The van der Waals surface area contributed by atoms with E-state index in [1.54, 1.807) is 21.3 Å². The Morgan fingerprint density at radius 3 is 2.00 bits per heavy atom. The highest BCUT2D eigenvalue weighted by Crippen LogP contribution is 2.38. The van der Waals surface area contributed by atoms with Crippen molar-refractivity contribution in [1.82, 2.24) is 5.32 Å². The number of methoxy groups -OCH3 is 3. The third kappa shape index (κ3) is 4.25. The molecule has 6 heteroatoms. The zero-order chi connectivity index (χ0) is 12.7. The maximum absolute atomic E-state index is 8.70. The first-order valence-corrected chi connectivity index (χ1v) is 5.37. The second-order valence-corrected chi connectivity index (χ2v) is 3.43. The van der Waals surface area contributed by atoms with Crippen molar-refractivity contribution in [3.8, 4) is 17.2 Å². The number of hydrogen-bond acceptors (Lipinski definition) is 5. The fourth-order valence-electron chi connectivity index (χ4n) is 1.55. The summed E-state index contributed by atoms with van der Waals surface area (Å²) in [5.41, 5.74) is 1.01. The van der Waals surface area contributed by atoms with Gasteiger partial charge in [-0.25, -0.2) is 0 Å². The van der Waals surface area contributed by atoms with Crippen LogP contribution in [0.5, 0.6) is 17.2 Å². The average Bonchev–Trinajstić information content (AvgIpc) is 2.37. The summed E-state index contributed by atoms with van der Waals surface area (Å²) in [5.74, 6) is 1.85. The number of hydrogen-bond donors (Lipinski definition) is 2. The summed E-state index contributed by atoms with van der Waals surface area (Å²) >= 11 is 0. The van der Waals surface area contributed by atoms with Gasteiger partial charge in [0.2, 0.25) is 5.75 Å². The maximum atomic E-state index is 8.70. The Hall–Kier alpha value is -1.17. The molecule has 104 valence electrons. The van der Waals surface area contributed by atoms with Crippen molar-refractivity contribution in [1.29, 1.82) is 0 Å². The minimum absolute atomic E-state index is 0. The van der Waals surface area contributed by atoms with Crippen LogP contribution in [-0.4, -0.2) is 39.6 Å². The predicted molar refractivity (Wildman–Crippen MR) is 72.1 cm³/mol. The summed E-state index contributed by atoms with van der Waals surface area (Å²) in [6.07, 6.45) is 0. The number of aliphatic hydroxyl groups excluding tert-OH is 1. The van der Waals surface area contributed by atoms with Crippen LogP contribution in [0.15, 0.2) is 12.1 Å². The van der Waals surface area contributed by atoms with E-state index < -0.39 is 0 Å². The molecule has 0 aromatic heterocycles. The lowest BCUT2D eigenvalue weighted by Crippen LogP contribution is -2.17. The van der Waals surface area contributed by atoms with Gasteiger partial charge in [0.1, 0.15) is 0 Å². The van der Waals surface area contributed by atoms with Crippen molar-refractivity contribution in [2.24, 2.45) is 0 Å². The molecule has 0 aliphatic carbocycles. The molecule has 5 nitrogen and oxygen atoms in total. The SMILES string of the molecule is COc1cc(CNCCO)cc(OC)c1OC.Cl. The van der Waals surface area contributed by atoms with Gasteiger partial charge in [0.25, 0.3) is 0 Å². The predicted octanol–water partition coefficient (Wildman–Crippen LogP) is 1.22. The fourth-order valence-corrected chi connectivity index (χ4v) is 1.55. The molecule has 0 radical (unpaired) electrons. The van der Waals surface area contributed by atoms with Gasteiger partial charge in [-0.15, -0.1) is 12.4 Å². The van der Waals surface area contributed by atoms with E-state index in [4.69, 9.17) is 19.3 Å². The van der Waals surface area contributed by atoms with Crippen LogP contribution in [0, 0.1) is 0 Å². The van der Waals surface area contributed by atoms with Gasteiger partial charge in [-0.1, -0.05) is 0 Å². The molecule has 0 saturated carbocycles. The largest absolute Gasteiger partial charge is 0.493 e. The van der Waals surface area contributed by atoms with Gasteiger partial charge in [0, 0.05) is 13.1 Å². The molecular formula is C12H20ClNO4. The zero-order valence-corrected chi connectivity index (χ0v) is 11.7. The van der Waals surface area contributed by atoms with Gasteiger partial charge in [0.05, 0.1) is 27.9 Å². The van der Waals surface area contributed by atoms with E-state index in [0.717, 1.165) is 5.56 Å². The number of nitrogens with one attached hydrogen (secondary N) is 1. The summed E-state index contributed by atoms with van der Waals surface area (Å²) in [6, 6.07) is 3.76.